The lowest BCUT2D eigenvalue weighted by molar-refractivity contribution is 1.11. The first-order valence-electron chi connectivity index (χ1n) is 2.93. The third kappa shape index (κ3) is 3.01. The quantitative estimate of drug-likeness (QED) is 0.672. The lowest BCUT2D eigenvalue weighted by Gasteiger charge is -2.16. The van der Waals surface area contributed by atoms with Crippen LogP contribution in [0.3, 0.4) is 0 Å². The molecule has 0 bridgehead atoms. The minimum atomic E-state index is 0.707. The molecule has 0 aromatic heterocycles. The highest BCUT2D eigenvalue weighted by Gasteiger charge is 2.09. The topological polar surface area (TPSA) is 0 Å². The van der Waals surface area contributed by atoms with Crippen molar-refractivity contribution in [2.24, 2.45) is 0 Å². The Labute approximate surface area is 73.0 Å². The Morgan fingerprint density at radius 2 is 2.00 bits per heavy atom. The predicted molar refractivity (Wildman–Crippen MR) is 51.4 cm³/mol. The smallest absolute Gasteiger partial charge is 0.0690 e. The summed E-state index contributed by atoms with van der Waals surface area (Å²) in [7, 11) is 0. The maximum Gasteiger partial charge on any atom is 0.0690 e. The molecule has 1 aliphatic heterocycles. The van der Waals surface area contributed by atoms with Crippen LogP contribution in [0.25, 0.3) is 0 Å². The monoisotopic (exact) mass is 224 g/mol. The fraction of sp³-hybridized carbons (Fsp3) is 0.667. The molecule has 0 spiro atoms. The third-order valence-electron chi connectivity index (χ3n) is 1.08. The van der Waals surface area contributed by atoms with Crippen molar-refractivity contribution >= 4 is 39.5 Å². The van der Waals surface area contributed by atoms with Crippen molar-refractivity contribution in [1.82, 2.24) is 0 Å². The van der Waals surface area contributed by atoms with Crippen molar-refractivity contribution in [3.05, 3.63) is 11.1 Å². The van der Waals surface area contributed by atoms with Crippen LogP contribution in [-0.4, -0.2) is 16.1 Å². The van der Waals surface area contributed by atoms with E-state index in [4.69, 9.17) is 0 Å². The predicted octanol–water partition coefficient (Wildman–Crippen LogP) is 3.09. The number of halogens is 1. The second-order valence-electron chi connectivity index (χ2n) is 1.78. The Hall–Kier alpha value is 0.920. The van der Waals surface area contributed by atoms with Gasteiger partial charge in [-0.25, -0.2) is 0 Å². The summed E-state index contributed by atoms with van der Waals surface area (Å²) in [5.41, 5.74) is 0. The van der Waals surface area contributed by atoms with Crippen molar-refractivity contribution in [2.75, 3.05) is 11.5 Å². The van der Waals surface area contributed by atoms with Gasteiger partial charge >= 0.3 is 0 Å². The molecule has 1 rings (SSSR count). The number of hydrogen-bond acceptors (Lipinski definition) is 2. The molecule has 0 aliphatic carbocycles. The molecule has 1 heterocycles. The van der Waals surface area contributed by atoms with E-state index < -0.39 is 0 Å². The average molecular weight is 225 g/mol. The molecule has 1 aliphatic rings. The van der Waals surface area contributed by atoms with Crippen molar-refractivity contribution in [2.45, 2.75) is 11.0 Å². The molecule has 0 N–H and O–H groups in total. The molecule has 1 saturated heterocycles. The zero-order chi connectivity index (χ0) is 6.53. The molecule has 0 aromatic rings. The van der Waals surface area contributed by atoms with Crippen LogP contribution in [0.15, 0.2) is 11.1 Å². The van der Waals surface area contributed by atoms with Crippen LogP contribution >= 0.6 is 39.5 Å². The van der Waals surface area contributed by atoms with Gasteiger partial charge in [0.15, 0.2) is 0 Å². The number of rotatable bonds is 1. The first kappa shape index (κ1) is 8.02. The van der Waals surface area contributed by atoms with E-state index in [0.717, 1.165) is 0 Å². The Kier molecular flexibility index (Phi) is 4.18. The molecule has 3 heteroatoms. The molecule has 1 fully saturated rings. The Balaban J connectivity index is 2.23. The number of thioether (sulfide) groups is 2. The summed E-state index contributed by atoms with van der Waals surface area (Å²) < 4.78 is 0.707. The summed E-state index contributed by atoms with van der Waals surface area (Å²) in [4.78, 5) is 1.96. The van der Waals surface area contributed by atoms with Gasteiger partial charge in [-0.05, 0) is 22.9 Å². The first-order valence-corrected chi connectivity index (χ1v) is 5.95. The minimum Gasteiger partial charge on any atom is -0.143 e. The van der Waals surface area contributed by atoms with Gasteiger partial charge < -0.3 is 0 Å². The molecule has 52 valence electrons. The van der Waals surface area contributed by atoms with Crippen LogP contribution in [0.1, 0.15) is 6.42 Å². The van der Waals surface area contributed by atoms with Crippen LogP contribution < -0.4 is 0 Å². The van der Waals surface area contributed by atoms with Crippen LogP contribution in [0.2, 0.25) is 0 Å². The highest BCUT2D eigenvalue weighted by atomic mass is 79.9. The van der Waals surface area contributed by atoms with Crippen LogP contribution in [0, 0.1) is 0 Å². The first-order chi connectivity index (χ1) is 4.43. The zero-order valence-corrected chi connectivity index (χ0v) is 8.27. The van der Waals surface area contributed by atoms with Crippen LogP contribution in [0.5, 0.6) is 0 Å². The maximum atomic E-state index is 3.28. The van der Waals surface area contributed by atoms with Crippen molar-refractivity contribution in [1.29, 1.82) is 0 Å². The molecule has 0 amide bonds. The van der Waals surface area contributed by atoms with E-state index in [2.05, 4.69) is 22.0 Å². The molecule has 0 aromatic carbocycles. The van der Waals surface area contributed by atoms with Crippen molar-refractivity contribution in [3.8, 4) is 0 Å². The van der Waals surface area contributed by atoms with E-state index in [1.165, 1.54) is 17.9 Å². The highest BCUT2D eigenvalue weighted by Crippen LogP contribution is 2.31. The standard InChI is InChI=1S/C6H9BrS2/c7-3-2-6-8-4-1-5-9-6/h2-3,6H,1,4-5H2. The van der Waals surface area contributed by atoms with E-state index >= 15 is 0 Å². The van der Waals surface area contributed by atoms with Crippen LogP contribution in [-0.2, 0) is 0 Å². The van der Waals surface area contributed by atoms with Gasteiger partial charge in [0.25, 0.3) is 0 Å². The van der Waals surface area contributed by atoms with E-state index in [0.29, 0.717) is 4.58 Å². The molecular formula is C6H9BrS2. The summed E-state index contributed by atoms with van der Waals surface area (Å²) in [6.45, 7) is 0. The van der Waals surface area contributed by atoms with E-state index in [1.807, 2.05) is 28.5 Å². The van der Waals surface area contributed by atoms with Gasteiger partial charge in [-0.3, -0.25) is 0 Å². The fourth-order valence-corrected chi connectivity index (χ4v) is 4.00. The van der Waals surface area contributed by atoms with Gasteiger partial charge in [-0.1, -0.05) is 22.0 Å². The summed E-state index contributed by atoms with van der Waals surface area (Å²) in [6, 6.07) is 0. The Morgan fingerprint density at radius 3 is 2.56 bits per heavy atom. The maximum absolute atomic E-state index is 3.28. The summed E-state index contributed by atoms with van der Waals surface area (Å²) in [5, 5.41) is 0. The number of hydrogen-bond donors (Lipinski definition) is 0. The van der Waals surface area contributed by atoms with E-state index in [1.54, 1.807) is 0 Å². The molecule has 0 unspecified atom stereocenters. The highest BCUT2D eigenvalue weighted by molar-refractivity contribution is 9.11. The molecule has 0 radical (unpaired) electrons. The van der Waals surface area contributed by atoms with Gasteiger partial charge in [0.2, 0.25) is 0 Å². The average Bonchev–Trinajstić information content (AvgIpc) is 1.91. The molecule has 0 nitrogen and oxygen atoms in total. The van der Waals surface area contributed by atoms with E-state index in [9.17, 15) is 0 Å². The van der Waals surface area contributed by atoms with Gasteiger partial charge in [0.1, 0.15) is 0 Å². The zero-order valence-electron chi connectivity index (χ0n) is 5.05. The van der Waals surface area contributed by atoms with Gasteiger partial charge in [0.05, 0.1) is 4.58 Å². The summed E-state index contributed by atoms with van der Waals surface area (Å²) in [6.07, 6.45) is 3.58. The van der Waals surface area contributed by atoms with E-state index in [-0.39, 0.29) is 0 Å². The van der Waals surface area contributed by atoms with Gasteiger partial charge in [-0.2, -0.15) is 0 Å². The fourth-order valence-electron chi connectivity index (χ4n) is 0.677. The van der Waals surface area contributed by atoms with Crippen LogP contribution in [0.4, 0.5) is 0 Å². The molecule has 0 saturated carbocycles. The Morgan fingerprint density at radius 1 is 1.33 bits per heavy atom. The summed E-state index contributed by atoms with van der Waals surface area (Å²) in [5.74, 6) is 2.66. The molecule has 9 heavy (non-hydrogen) atoms. The normalized spacial score (nSPS) is 23.2. The Bertz CT molecular complexity index is 97.2. The van der Waals surface area contributed by atoms with Crippen molar-refractivity contribution < 1.29 is 0 Å². The lowest BCUT2D eigenvalue weighted by Crippen LogP contribution is -2.02. The molecule has 0 atom stereocenters. The molecular weight excluding hydrogens is 216 g/mol. The SMILES string of the molecule is BrC=CC1SCCCS1. The second kappa shape index (κ2) is 4.69. The largest absolute Gasteiger partial charge is 0.143 e. The summed E-state index contributed by atoms with van der Waals surface area (Å²) >= 11 is 7.35. The van der Waals surface area contributed by atoms with Crippen molar-refractivity contribution in [3.63, 3.8) is 0 Å². The second-order valence-corrected chi connectivity index (χ2v) is 5.11. The lowest BCUT2D eigenvalue weighted by atomic mass is 10.6. The minimum absolute atomic E-state index is 0.707. The third-order valence-corrected chi connectivity index (χ3v) is 4.22. The van der Waals surface area contributed by atoms with Gasteiger partial charge in [-0.15, -0.1) is 23.5 Å². The van der Waals surface area contributed by atoms with Gasteiger partial charge in [0, 0.05) is 0 Å².